The van der Waals surface area contributed by atoms with E-state index in [0.29, 0.717) is 36.8 Å². The fourth-order valence-corrected chi connectivity index (χ4v) is 21.2. The van der Waals surface area contributed by atoms with Gasteiger partial charge >= 0.3 is 11.9 Å². The third-order valence-corrected chi connectivity index (χ3v) is 26.9. The molecule has 6 aliphatic carbocycles. The Morgan fingerprint density at radius 2 is 0.857 bits per heavy atom. The summed E-state index contributed by atoms with van der Waals surface area (Å²) in [5.41, 5.74) is 2.84. The van der Waals surface area contributed by atoms with E-state index in [9.17, 15) is 19.2 Å². The summed E-state index contributed by atoms with van der Waals surface area (Å²) >= 11 is 0. The van der Waals surface area contributed by atoms with Crippen LogP contribution in [0.5, 0.6) is 0 Å². The third kappa shape index (κ3) is 18.2. The van der Waals surface area contributed by atoms with Crippen molar-refractivity contribution in [2.24, 2.45) is 71.0 Å². The number of cyclic esters (lactones) is 2. The third-order valence-electron chi connectivity index (χ3n) is 26.9. The summed E-state index contributed by atoms with van der Waals surface area (Å²) < 4.78 is 99.3. The number of ketones is 2. The van der Waals surface area contributed by atoms with Crippen LogP contribution in [0.15, 0.2) is 47.1 Å². The predicted molar refractivity (Wildman–Crippen MR) is 393 cm³/mol. The van der Waals surface area contributed by atoms with Crippen molar-refractivity contribution in [3.05, 3.63) is 47.1 Å². The van der Waals surface area contributed by atoms with Crippen molar-refractivity contribution < 1.29 is 95.0 Å². The Morgan fingerprint density at radius 3 is 1.29 bits per heavy atom. The van der Waals surface area contributed by atoms with Crippen LogP contribution in [0.4, 0.5) is 0 Å². The average Bonchev–Trinajstić information content (AvgIpc) is 1.59. The number of Topliss-reactive ketones (excluding diaryl/α,β-unsaturated/α-hetero) is 2. The summed E-state index contributed by atoms with van der Waals surface area (Å²) in [6.07, 6.45) is 19.4. The number of carbonyl (C=O) groups excluding carboxylic acids is 4. The van der Waals surface area contributed by atoms with Crippen molar-refractivity contribution in [2.75, 3.05) is 70.8 Å². The van der Waals surface area contributed by atoms with Crippen LogP contribution in [0.3, 0.4) is 0 Å². The molecule has 2 saturated carbocycles. The molecular formula is C83H132N2O20. The summed E-state index contributed by atoms with van der Waals surface area (Å²) in [6.45, 7) is 18.6. The molecule has 34 atom stereocenters. The van der Waals surface area contributed by atoms with Crippen molar-refractivity contribution in [1.29, 1.82) is 0 Å². The Kier molecular flexibility index (Phi) is 29.0. The Labute approximate surface area is 627 Å². The highest BCUT2D eigenvalue weighted by Crippen LogP contribution is 2.58. The van der Waals surface area contributed by atoms with Crippen LogP contribution < -0.4 is 0 Å². The molecule has 22 nitrogen and oxygen atoms in total. The minimum Gasteiger partial charge on any atom is -0.462 e. The molecule has 594 valence electrons. The number of fused-ring (bicyclic) bond motifs is 10. The van der Waals surface area contributed by atoms with Gasteiger partial charge in [-0.2, -0.15) is 0 Å². The van der Waals surface area contributed by atoms with E-state index in [2.05, 4.69) is 103 Å². The average molecular weight is 1480 g/mol. The van der Waals surface area contributed by atoms with E-state index >= 15 is 0 Å². The van der Waals surface area contributed by atoms with E-state index in [1.807, 2.05) is 27.7 Å². The normalized spacial score (nSPS) is 45.5. The quantitative estimate of drug-likeness (QED) is 0.0919. The number of hydrogen-bond donors (Lipinski definition) is 0. The number of carbonyl (C=O) groups is 4. The second-order valence-electron chi connectivity index (χ2n) is 33.5. The van der Waals surface area contributed by atoms with Gasteiger partial charge in [-0.1, -0.05) is 63.6 Å². The van der Waals surface area contributed by atoms with Crippen LogP contribution >= 0.6 is 0 Å². The van der Waals surface area contributed by atoms with Gasteiger partial charge in [-0.15, -0.1) is 0 Å². The number of rotatable bonds is 18. The first-order chi connectivity index (χ1) is 50.3. The largest absolute Gasteiger partial charge is 0.462 e. The van der Waals surface area contributed by atoms with Gasteiger partial charge < -0.3 is 85.6 Å². The maximum Gasteiger partial charge on any atom is 0.306 e. The number of esters is 2. The molecule has 0 amide bonds. The molecule has 22 heteroatoms. The highest BCUT2D eigenvalue weighted by atomic mass is 16.7. The van der Waals surface area contributed by atoms with E-state index < -0.39 is 24.8 Å². The lowest BCUT2D eigenvalue weighted by atomic mass is 9.67. The minimum absolute atomic E-state index is 0.0364. The molecule has 0 aromatic carbocycles. The standard InChI is InChI=1S/C42H67NO10.C41H65NO10/c1-11-26-13-12-14-35(53-37-16-15-34(43(6)7)24(4)49-37)23(3)38(45)33-20-31-29(32(33)21-36(44)51-26)17-22(2)28-18-27(19-30(28)31)52-42-41(48-10)40(47-9)39(46-8)25(5)50-42;1-10-26-12-11-13-34(52-36-17-16-33(42(5)6)23(3)48-36)22(2)37(44)32-20-30-28(31(32)21-35(43)50-26)15-14-25-18-27(19-29(25)30)51-41-40(47-9)39(46-8)38(45-7)24(4)49-41/h17,20,23-32,34-35,37,39-42H,11-16,18-19,21H2,1-10H3;14-15,20,22-31,33-34,36,38-41H,10-13,16-19,21H2,1-9H3. The topological polar surface area (TPSA) is 222 Å². The molecule has 6 saturated heterocycles. The Balaban J connectivity index is 0.000000210. The molecule has 8 fully saturated rings. The number of hydrogen-bond acceptors (Lipinski definition) is 22. The molecule has 0 bridgehead atoms. The molecule has 0 radical (unpaired) electrons. The summed E-state index contributed by atoms with van der Waals surface area (Å²) in [7, 11) is 18.3. The molecule has 6 aliphatic heterocycles. The van der Waals surface area contributed by atoms with E-state index in [1.54, 1.807) is 42.7 Å². The zero-order chi connectivity index (χ0) is 75.4. The number of methoxy groups -OCH3 is 6. The molecule has 105 heavy (non-hydrogen) atoms. The lowest BCUT2D eigenvalue weighted by Gasteiger charge is -2.44. The molecule has 0 aromatic heterocycles. The zero-order valence-corrected chi connectivity index (χ0v) is 66.8. The highest BCUT2D eigenvalue weighted by Gasteiger charge is 2.56. The molecule has 0 N–H and O–H groups in total. The fraction of sp³-hybridized carbons (Fsp3) is 0.855. The van der Waals surface area contributed by atoms with Gasteiger partial charge in [-0.05, 0) is 224 Å². The van der Waals surface area contributed by atoms with Crippen LogP contribution in [-0.2, 0) is 95.0 Å². The van der Waals surface area contributed by atoms with Gasteiger partial charge in [-0.3, -0.25) is 19.2 Å². The highest BCUT2D eigenvalue weighted by molar-refractivity contribution is 6.00. The Morgan fingerprint density at radius 1 is 0.429 bits per heavy atom. The van der Waals surface area contributed by atoms with Gasteiger partial charge in [0.1, 0.15) is 48.8 Å². The van der Waals surface area contributed by atoms with Gasteiger partial charge in [-0.25, -0.2) is 0 Å². The Bertz CT molecular complexity index is 3010. The molecule has 0 aromatic rings. The van der Waals surface area contributed by atoms with Crippen molar-refractivity contribution >= 4 is 23.5 Å². The van der Waals surface area contributed by atoms with Gasteiger partial charge in [0.2, 0.25) is 0 Å². The van der Waals surface area contributed by atoms with Gasteiger partial charge in [0, 0.05) is 78.4 Å². The van der Waals surface area contributed by atoms with E-state index in [1.165, 1.54) is 5.57 Å². The van der Waals surface area contributed by atoms with Gasteiger partial charge in [0.05, 0.1) is 61.7 Å². The molecule has 12 aliphatic rings. The van der Waals surface area contributed by atoms with Gasteiger partial charge in [0.15, 0.2) is 36.7 Å². The molecule has 0 spiro atoms. The second-order valence-corrected chi connectivity index (χ2v) is 33.5. The molecule has 12 rings (SSSR count). The first-order valence-electron chi connectivity index (χ1n) is 40.4. The van der Waals surface area contributed by atoms with Crippen LogP contribution in [-0.4, -0.2) is 239 Å². The smallest absolute Gasteiger partial charge is 0.306 e. The van der Waals surface area contributed by atoms with Crippen LogP contribution in [0.25, 0.3) is 0 Å². The first-order valence-corrected chi connectivity index (χ1v) is 40.4. The monoisotopic (exact) mass is 1480 g/mol. The lowest BCUT2D eigenvalue weighted by Crippen LogP contribution is -2.59. The first kappa shape index (κ1) is 82.6. The number of allylic oxidation sites excluding steroid dienone is 8. The maximum absolute atomic E-state index is 14.7. The number of likely N-dealkylation sites (N-methyl/N-ethyl adjacent to an activating group) is 2. The minimum atomic E-state index is -0.598. The predicted octanol–water partition coefficient (Wildman–Crippen LogP) is 11.4. The summed E-state index contributed by atoms with van der Waals surface area (Å²) in [5, 5.41) is 0. The summed E-state index contributed by atoms with van der Waals surface area (Å²) in [4.78, 5) is 60.9. The van der Waals surface area contributed by atoms with Crippen molar-refractivity contribution in [2.45, 2.75) is 313 Å². The van der Waals surface area contributed by atoms with Crippen LogP contribution in [0.2, 0.25) is 0 Å². The van der Waals surface area contributed by atoms with Crippen LogP contribution in [0, 0.1) is 71.0 Å². The molecular weight excluding hydrogens is 1340 g/mol. The number of nitrogens with zero attached hydrogens (tertiary/aromatic N) is 2. The second kappa shape index (κ2) is 36.8. The SMILES string of the molecule is CCC1CCCC(OC2CCC(N(C)C)C(C)O2)C(C)C(=O)C2=CC3C(C=C(C)C4CC(OC5OC(C)C(OC)C(OC)C5OC)CC43)C2CC(=O)O1.CCC1CCCC(OC2CCC(N(C)C)C(C)O2)C(C)C(=O)C2=CC3C(C=CC4CC(OC5OC(C)C(OC)C(OC)C5OC)CC43)C2CC(=O)O1. The fourth-order valence-electron chi connectivity index (χ4n) is 21.2. The summed E-state index contributed by atoms with van der Waals surface area (Å²) in [5.74, 6) is 0.0293. The molecule has 6 heterocycles. The number of ether oxygens (including phenoxy) is 16. The van der Waals surface area contributed by atoms with E-state index in [4.69, 9.17) is 75.8 Å². The maximum atomic E-state index is 14.7. The van der Waals surface area contributed by atoms with E-state index in [-0.39, 0.29) is 194 Å². The lowest BCUT2D eigenvalue weighted by molar-refractivity contribution is -0.314. The van der Waals surface area contributed by atoms with Crippen molar-refractivity contribution in [3.63, 3.8) is 0 Å². The van der Waals surface area contributed by atoms with Crippen molar-refractivity contribution in [1.82, 2.24) is 9.80 Å². The van der Waals surface area contributed by atoms with Crippen LogP contribution in [0.1, 0.15) is 178 Å². The van der Waals surface area contributed by atoms with E-state index in [0.717, 1.165) is 101 Å². The zero-order valence-electron chi connectivity index (χ0n) is 66.8. The molecule has 34 unspecified atom stereocenters. The Hall–Kier alpha value is -3.40. The van der Waals surface area contributed by atoms with Crippen molar-refractivity contribution in [3.8, 4) is 0 Å². The summed E-state index contributed by atoms with van der Waals surface area (Å²) in [6, 6.07) is 0.676. The van der Waals surface area contributed by atoms with Gasteiger partial charge in [0.25, 0.3) is 0 Å².